The molecule has 1 saturated carbocycles. The Balaban J connectivity index is 1.81. The van der Waals surface area contributed by atoms with Gasteiger partial charge < -0.3 is 10.5 Å². The van der Waals surface area contributed by atoms with Crippen LogP contribution in [0.15, 0.2) is 0 Å². The Bertz CT molecular complexity index is 583. The Morgan fingerprint density at radius 1 is 1.47 bits per heavy atom. The van der Waals surface area contributed by atoms with Gasteiger partial charge in [0.2, 0.25) is 0 Å². The van der Waals surface area contributed by atoms with Gasteiger partial charge in [0.1, 0.15) is 23.7 Å². The van der Waals surface area contributed by atoms with Crippen LogP contribution in [0.3, 0.4) is 0 Å². The van der Waals surface area contributed by atoms with Gasteiger partial charge in [-0.15, -0.1) is 0 Å². The van der Waals surface area contributed by atoms with E-state index in [1.54, 1.807) is 20.8 Å². The lowest BCUT2D eigenvalue weighted by Crippen LogP contribution is -2.27. The first-order chi connectivity index (χ1) is 8.78. The smallest absolute Gasteiger partial charge is 0.328 e. The zero-order chi connectivity index (χ0) is 13.9. The molecular formula is C13H17N3O3. The number of hydrogen-bond acceptors (Lipinski definition) is 5. The first-order valence-corrected chi connectivity index (χ1v) is 6.40. The first kappa shape index (κ1) is 12.2. The lowest BCUT2D eigenvalue weighted by molar-refractivity contribution is -0.155. The highest BCUT2D eigenvalue weighted by Gasteiger charge is 2.55. The summed E-state index contributed by atoms with van der Waals surface area (Å²) < 4.78 is 6.60. The quantitative estimate of drug-likeness (QED) is 0.807. The van der Waals surface area contributed by atoms with E-state index in [-0.39, 0.29) is 24.2 Å². The van der Waals surface area contributed by atoms with Gasteiger partial charge in [-0.25, -0.2) is 4.68 Å². The lowest BCUT2D eigenvalue weighted by atomic mass is 10.2. The number of carbonyl (C=O) groups is 2. The van der Waals surface area contributed by atoms with Crippen molar-refractivity contribution in [1.82, 2.24) is 9.78 Å². The van der Waals surface area contributed by atoms with E-state index in [1.807, 2.05) is 0 Å². The molecule has 1 heterocycles. The fourth-order valence-electron chi connectivity index (χ4n) is 2.63. The van der Waals surface area contributed by atoms with Gasteiger partial charge in [-0.05, 0) is 27.2 Å². The molecule has 2 atom stereocenters. The van der Waals surface area contributed by atoms with Crippen molar-refractivity contribution in [3.63, 3.8) is 0 Å². The zero-order valence-electron chi connectivity index (χ0n) is 11.3. The van der Waals surface area contributed by atoms with E-state index in [2.05, 4.69) is 5.10 Å². The van der Waals surface area contributed by atoms with Gasteiger partial charge in [-0.1, -0.05) is 0 Å². The van der Waals surface area contributed by atoms with Crippen LogP contribution in [0.4, 0.5) is 5.82 Å². The van der Waals surface area contributed by atoms with Crippen molar-refractivity contribution in [3.05, 3.63) is 11.3 Å². The molecule has 0 aliphatic heterocycles. The number of ether oxygens (including phenoxy) is 1. The molecule has 0 saturated heterocycles. The number of fused-ring (bicyclic) bond motifs is 3. The first-order valence-electron chi connectivity index (χ1n) is 6.40. The Hall–Kier alpha value is -1.85. The second kappa shape index (κ2) is 3.59. The molecule has 6 nitrogen and oxygen atoms in total. The Morgan fingerprint density at radius 2 is 2.16 bits per heavy atom. The summed E-state index contributed by atoms with van der Waals surface area (Å²) >= 11 is 0. The van der Waals surface area contributed by atoms with Crippen LogP contribution in [-0.2, 0) is 16.1 Å². The molecular weight excluding hydrogens is 246 g/mol. The van der Waals surface area contributed by atoms with Gasteiger partial charge >= 0.3 is 5.97 Å². The van der Waals surface area contributed by atoms with Crippen LogP contribution in [0, 0.1) is 5.92 Å². The van der Waals surface area contributed by atoms with Crippen molar-refractivity contribution in [2.45, 2.75) is 45.3 Å². The van der Waals surface area contributed by atoms with Crippen molar-refractivity contribution in [3.8, 4) is 0 Å². The van der Waals surface area contributed by atoms with Gasteiger partial charge in [0, 0.05) is 17.4 Å². The number of anilines is 1. The molecule has 102 valence electrons. The number of carbonyl (C=O) groups excluding carboxylic acids is 2. The van der Waals surface area contributed by atoms with E-state index >= 15 is 0 Å². The summed E-state index contributed by atoms with van der Waals surface area (Å²) in [6.45, 7) is 5.35. The van der Waals surface area contributed by atoms with Crippen molar-refractivity contribution in [2.75, 3.05) is 5.73 Å². The van der Waals surface area contributed by atoms with E-state index in [0.29, 0.717) is 11.5 Å². The highest BCUT2D eigenvalue weighted by atomic mass is 16.6. The maximum Gasteiger partial charge on any atom is 0.328 e. The van der Waals surface area contributed by atoms with Crippen LogP contribution in [-0.4, -0.2) is 27.1 Å². The molecule has 2 unspecified atom stereocenters. The molecule has 1 aromatic rings. The van der Waals surface area contributed by atoms with Crippen LogP contribution >= 0.6 is 0 Å². The average molecular weight is 263 g/mol. The van der Waals surface area contributed by atoms with Crippen LogP contribution in [0.2, 0.25) is 0 Å². The van der Waals surface area contributed by atoms with E-state index < -0.39 is 11.6 Å². The molecule has 19 heavy (non-hydrogen) atoms. The molecule has 0 spiro atoms. The van der Waals surface area contributed by atoms with Crippen LogP contribution < -0.4 is 5.73 Å². The lowest BCUT2D eigenvalue weighted by Gasteiger charge is -2.19. The molecule has 0 radical (unpaired) electrons. The molecule has 0 amide bonds. The largest absolute Gasteiger partial charge is 0.459 e. The number of ketones is 1. The maximum atomic E-state index is 11.9. The third kappa shape index (κ3) is 1.91. The van der Waals surface area contributed by atoms with Gasteiger partial charge in [0.25, 0.3) is 0 Å². The molecule has 1 aromatic heterocycles. The number of Topliss-reactive ketones (excluding diaryl/α,β-unsaturated/α-hetero) is 1. The minimum absolute atomic E-state index is 0.0548. The van der Waals surface area contributed by atoms with E-state index in [4.69, 9.17) is 10.5 Å². The van der Waals surface area contributed by atoms with Crippen molar-refractivity contribution in [1.29, 1.82) is 0 Å². The molecule has 1 fully saturated rings. The van der Waals surface area contributed by atoms with Crippen LogP contribution in [0.5, 0.6) is 0 Å². The van der Waals surface area contributed by atoms with E-state index in [0.717, 1.165) is 12.0 Å². The average Bonchev–Trinajstić information content (AvgIpc) is 2.90. The van der Waals surface area contributed by atoms with Gasteiger partial charge in [0.05, 0.1) is 0 Å². The van der Waals surface area contributed by atoms with Gasteiger partial charge in [0.15, 0.2) is 5.78 Å². The standard InChI is InChI=1S/C13H17N3O3/c1-13(2,3)19-8(17)5-16-12(14)9-6-4-7(6)11(18)10(9)15-16/h6-7H,4-5,14H2,1-3H3. The van der Waals surface area contributed by atoms with E-state index in [9.17, 15) is 9.59 Å². The summed E-state index contributed by atoms with van der Waals surface area (Å²) in [6.07, 6.45) is 0.869. The van der Waals surface area contributed by atoms with Crippen molar-refractivity contribution in [2.24, 2.45) is 5.92 Å². The van der Waals surface area contributed by atoms with Crippen molar-refractivity contribution >= 4 is 17.6 Å². The molecule has 2 N–H and O–H groups in total. The number of rotatable bonds is 2. The summed E-state index contributed by atoms with van der Waals surface area (Å²) in [5.41, 5.74) is 6.72. The normalized spacial score (nSPS) is 24.1. The number of nitrogens with two attached hydrogens (primary N) is 1. The van der Waals surface area contributed by atoms with Crippen LogP contribution in [0.25, 0.3) is 0 Å². The van der Waals surface area contributed by atoms with Crippen molar-refractivity contribution < 1.29 is 14.3 Å². The molecule has 0 bridgehead atoms. The van der Waals surface area contributed by atoms with Gasteiger partial charge in [-0.2, -0.15) is 5.10 Å². The third-order valence-electron chi connectivity index (χ3n) is 3.46. The monoisotopic (exact) mass is 263 g/mol. The Morgan fingerprint density at radius 3 is 2.74 bits per heavy atom. The number of aromatic nitrogens is 2. The molecule has 3 rings (SSSR count). The molecule has 2 aliphatic carbocycles. The number of esters is 1. The Kier molecular flexibility index (Phi) is 2.30. The maximum absolute atomic E-state index is 11.9. The predicted octanol–water partition coefficient (Wildman–Crippen LogP) is 1.11. The molecule has 0 aromatic carbocycles. The highest BCUT2D eigenvalue weighted by Crippen LogP contribution is 2.57. The van der Waals surface area contributed by atoms with Gasteiger partial charge in [-0.3, -0.25) is 9.59 Å². The minimum Gasteiger partial charge on any atom is -0.459 e. The minimum atomic E-state index is -0.543. The fourth-order valence-corrected chi connectivity index (χ4v) is 2.63. The second-order valence-electron chi connectivity index (χ2n) is 6.20. The zero-order valence-corrected chi connectivity index (χ0v) is 11.3. The molecule has 2 aliphatic rings. The number of hydrogen-bond donors (Lipinski definition) is 1. The summed E-state index contributed by atoms with van der Waals surface area (Å²) in [5.74, 6) is 0.417. The molecule has 6 heteroatoms. The summed E-state index contributed by atoms with van der Waals surface area (Å²) in [6, 6.07) is 0. The van der Waals surface area contributed by atoms with Crippen LogP contribution in [0.1, 0.15) is 49.2 Å². The summed E-state index contributed by atoms with van der Waals surface area (Å²) in [5, 5.41) is 4.16. The topological polar surface area (TPSA) is 87.2 Å². The fraction of sp³-hybridized carbons (Fsp3) is 0.615. The SMILES string of the molecule is CC(C)(C)OC(=O)Cn1nc2c(c1N)C1CC1C2=O. The second-order valence-corrected chi connectivity index (χ2v) is 6.20. The number of nitrogens with zero attached hydrogens (tertiary/aromatic N) is 2. The third-order valence-corrected chi connectivity index (χ3v) is 3.46. The Labute approximate surface area is 110 Å². The highest BCUT2D eigenvalue weighted by molar-refractivity contribution is 6.05. The summed E-state index contributed by atoms with van der Waals surface area (Å²) in [7, 11) is 0. The van der Waals surface area contributed by atoms with E-state index in [1.165, 1.54) is 4.68 Å². The summed E-state index contributed by atoms with van der Waals surface area (Å²) in [4.78, 5) is 23.6. The predicted molar refractivity (Wildman–Crippen MR) is 67.7 cm³/mol. The number of nitrogen functional groups attached to an aromatic ring is 1.